The molecule has 0 saturated heterocycles. The number of amides is 1. The number of fused-ring (bicyclic) bond motifs is 2. The standard InChI is InChI=1S/C22H15FN3O2/c1-13-5-4-8-19(20(13)23)26-21(27)15-6-2-3-7-16(15)22(26,28)14-9-10-17-18(11-14)25-12-24-17/h2-11,28H,1H3,(H,24,25). The summed E-state index contributed by atoms with van der Waals surface area (Å²) in [5.41, 5.74) is 1.07. The third kappa shape index (κ3) is 2.09. The number of nitrogens with zero attached hydrogens (tertiary/aromatic N) is 2. The SMILES string of the molecule is Cc1cccc(N2C(=O)c3ccccc3C2(O)c2ccc3n[c][nH]c3c2)c1F. The van der Waals surface area contributed by atoms with Crippen LogP contribution >= 0.6 is 0 Å². The fourth-order valence-corrected chi connectivity index (χ4v) is 3.83. The van der Waals surface area contributed by atoms with Crippen molar-refractivity contribution in [3.63, 3.8) is 0 Å². The van der Waals surface area contributed by atoms with Crippen LogP contribution in [0.3, 0.4) is 0 Å². The molecule has 6 heteroatoms. The van der Waals surface area contributed by atoms with E-state index in [-0.39, 0.29) is 5.69 Å². The van der Waals surface area contributed by atoms with Gasteiger partial charge in [0.2, 0.25) is 0 Å². The summed E-state index contributed by atoms with van der Waals surface area (Å²) in [5.74, 6) is -1.00. The van der Waals surface area contributed by atoms with Gasteiger partial charge < -0.3 is 10.1 Å². The van der Waals surface area contributed by atoms with E-state index in [0.29, 0.717) is 33.3 Å². The maximum atomic E-state index is 15.0. The number of halogens is 1. The van der Waals surface area contributed by atoms with Crippen LogP contribution in [-0.2, 0) is 5.72 Å². The van der Waals surface area contributed by atoms with Crippen molar-refractivity contribution in [1.29, 1.82) is 0 Å². The fourth-order valence-electron chi connectivity index (χ4n) is 3.83. The van der Waals surface area contributed by atoms with Crippen molar-refractivity contribution in [2.75, 3.05) is 4.90 Å². The Morgan fingerprint density at radius 2 is 1.96 bits per heavy atom. The van der Waals surface area contributed by atoms with E-state index in [4.69, 9.17) is 0 Å². The number of rotatable bonds is 2. The number of nitrogens with one attached hydrogen (secondary N) is 1. The summed E-state index contributed by atoms with van der Waals surface area (Å²) in [7, 11) is 0. The molecule has 0 spiro atoms. The Morgan fingerprint density at radius 3 is 2.82 bits per heavy atom. The van der Waals surface area contributed by atoms with E-state index in [2.05, 4.69) is 16.3 Å². The average Bonchev–Trinajstić information content (AvgIpc) is 3.26. The molecule has 2 heterocycles. The molecule has 1 amide bonds. The maximum Gasteiger partial charge on any atom is 0.261 e. The van der Waals surface area contributed by atoms with Crippen LogP contribution in [0.4, 0.5) is 10.1 Å². The molecule has 5 nitrogen and oxygen atoms in total. The van der Waals surface area contributed by atoms with E-state index >= 15 is 0 Å². The summed E-state index contributed by atoms with van der Waals surface area (Å²) in [6, 6.07) is 16.7. The molecule has 0 fully saturated rings. The number of anilines is 1. The van der Waals surface area contributed by atoms with Gasteiger partial charge in [-0.25, -0.2) is 9.37 Å². The first-order valence-corrected chi connectivity index (χ1v) is 8.79. The Balaban J connectivity index is 1.82. The molecular weight excluding hydrogens is 357 g/mol. The number of aryl methyl sites for hydroxylation is 1. The van der Waals surface area contributed by atoms with E-state index < -0.39 is 17.4 Å². The minimum Gasteiger partial charge on any atom is -0.363 e. The van der Waals surface area contributed by atoms with Gasteiger partial charge in [0, 0.05) is 16.7 Å². The van der Waals surface area contributed by atoms with E-state index in [1.54, 1.807) is 61.5 Å². The molecule has 3 aromatic carbocycles. The second kappa shape index (κ2) is 5.74. The number of carbonyl (C=O) groups excluding carboxylic acids is 1. The number of H-pyrrole nitrogens is 1. The Morgan fingerprint density at radius 1 is 1.14 bits per heavy atom. The molecule has 4 aromatic rings. The van der Waals surface area contributed by atoms with Crippen molar-refractivity contribution in [2.24, 2.45) is 0 Å². The Bertz CT molecular complexity index is 1250. The third-order valence-electron chi connectivity index (χ3n) is 5.24. The molecule has 1 atom stereocenters. The quantitative estimate of drug-likeness (QED) is 0.564. The highest BCUT2D eigenvalue weighted by atomic mass is 19.1. The zero-order valence-electron chi connectivity index (χ0n) is 14.9. The highest BCUT2D eigenvalue weighted by molar-refractivity contribution is 6.12. The largest absolute Gasteiger partial charge is 0.363 e. The van der Waals surface area contributed by atoms with Gasteiger partial charge in [0.25, 0.3) is 5.91 Å². The van der Waals surface area contributed by atoms with Gasteiger partial charge in [0.1, 0.15) is 5.82 Å². The summed E-state index contributed by atoms with van der Waals surface area (Å²) >= 11 is 0. The van der Waals surface area contributed by atoms with Crippen LogP contribution in [0.15, 0.2) is 60.7 Å². The summed E-state index contributed by atoms with van der Waals surface area (Å²) in [4.78, 5) is 21.3. The zero-order valence-corrected chi connectivity index (χ0v) is 14.9. The van der Waals surface area contributed by atoms with Crippen molar-refractivity contribution in [3.8, 4) is 0 Å². The van der Waals surface area contributed by atoms with Gasteiger partial charge in [0.05, 0.1) is 16.7 Å². The lowest BCUT2D eigenvalue weighted by molar-refractivity contribution is 0.0699. The summed E-state index contributed by atoms with van der Waals surface area (Å²) < 4.78 is 15.0. The van der Waals surface area contributed by atoms with Gasteiger partial charge in [-0.3, -0.25) is 9.69 Å². The maximum absolute atomic E-state index is 15.0. The topological polar surface area (TPSA) is 69.2 Å². The van der Waals surface area contributed by atoms with Crippen LogP contribution in [0.1, 0.15) is 27.0 Å². The highest BCUT2D eigenvalue weighted by Gasteiger charge is 2.51. The first-order chi connectivity index (χ1) is 13.5. The third-order valence-corrected chi connectivity index (χ3v) is 5.24. The number of carbonyl (C=O) groups is 1. The normalized spacial score (nSPS) is 18.7. The zero-order chi connectivity index (χ0) is 19.5. The molecule has 1 aliphatic rings. The van der Waals surface area contributed by atoms with E-state index in [1.807, 2.05) is 0 Å². The monoisotopic (exact) mass is 372 g/mol. The minimum atomic E-state index is -1.86. The first-order valence-electron chi connectivity index (χ1n) is 8.79. The predicted molar refractivity (Wildman–Crippen MR) is 102 cm³/mol. The van der Waals surface area contributed by atoms with Crippen molar-refractivity contribution < 1.29 is 14.3 Å². The molecule has 137 valence electrons. The minimum absolute atomic E-state index is 0.0278. The number of hydrogen-bond acceptors (Lipinski definition) is 3. The Labute approximate surface area is 160 Å². The number of imidazole rings is 1. The van der Waals surface area contributed by atoms with Crippen LogP contribution in [0.2, 0.25) is 0 Å². The Hall–Kier alpha value is -3.51. The number of benzene rings is 3. The van der Waals surface area contributed by atoms with Crippen molar-refractivity contribution in [3.05, 3.63) is 95.1 Å². The second-order valence-electron chi connectivity index (χ2n) is 6.85. The van der Waals surface area contributed by atoms with Crippen LogP contribution in [0.5, 0.6) is 0 Å². The van der Waals surface area contributed by atoms with Crippen molar-refractivity contribution in [2.45, 2.75) is 12.6 Å². The molecule has 1 unspecified atom stereocenters. The molecule has 1 radical (unpaired) electrons. The molecule has 2 N–H and O–H groups in total. The molecule has 5 rings (SSSR count). The summed E-state index contributed by atoms with van der Waals surface area (Å²) in [6.07, 6.45) is 2.66. The molecule has 1 aliphatic heterocycles. The Kier molecular flexibility index (Phi) is 3.41. The van der Waals surface area contributed by atoms with Crippen molar-refractivity contribution >= 4 is 22.6 Å². The van der Waals surface area contributed by atoms with Gasteiger partial charge in [-0.15, -0.1) is 0 Å². The number of aliphatic hydroxyl groups is 1. The summed E-state index contributed by atoms with van der Waals surface area (Å²) in [5, 5.41) is 11.9. The second-order valence-corrected chi connectivity index (χ2v) is 6.85. The number of aromatic amines is 1. The molecule has 0 aliphatic carbocycles. The fraction of sp³-hybridized carbons (Fsp3) is 0.0909. The lowest BCUT2D eigenvalue weighted by atomic mass is 9.93. The van der Waals surface area contributed by atoms with Crippen LogP contribution < -0.4 is 4.90 Å². The predicted octanol–water partition coefficient (Wildman–Crippen LogP) is 3.66. The lowest BCUT2D eigenvalue weighted by Gasteiger charge is -2.35. The highest BCUT2D eigenvalue weighted by Crippen LogP contribution is 2.46. The first kappa shape index (κ1) is 16.6. The number of hydrogen-bond donors (Lipinski definition) is 2. The molecule has 0 saturated carbocycles. The molecule has 1 aromatic heterocycles. The van der Waals surface area contributed by atoms with E-state index in [1.165, 1.54) is 6.07 Å². The van der Waals surface area contributed by atoms with Crippen LogP contribution in [-0.4, -0.2) is 21.0 Å². The molecule has 28 heavy (non-hydrogen) atoms. The van der Waals surface area contributed by atoms with Gasteiger partial charge >= 0.3 is 0 Å². The van der Waals surface area contributed by atoms with Gasteiger partial charge in [-0.05, 0) is 36.8 Å². The van der Waals surface area contributed by atoms with E-state index in [9.17, 15) is 14.3 Å². The molecular formula is C22H15FN3O2. The lowest BCUT2D eigenvalue weighted by Crippen LogP contribution is -2.45. The van der Waals surface area contributed by atoms with Crippen molar-refractivity contribution in [1.82, 2.24) is 9.97 Å². The molecule has 0 bridgehead atoms. The van der Waals surface area contributed by atoms with Crippen LogP contribution in [0.25, 0.3) is 11.0 Å². The average molecular weight is 372 g/mol. The smallest absolute Gasteiger partial charge is 0.261 e. The summed E-state index contributed by atoms with van der Waals surface area (Å²) in [6.45, 7) is 1.62. The van der Waals surface area contributed by atoms with E-state index in [0.717, 1.165) is 4.90 Å². The van der Waals surface area contributed by atoms with Crippen LogP contribution in [0, 0.1) is 19.1 Å². The van der Waals surface area contributed by atoms with Gasteiger partial charge in [-0.1, -0.05) is 36.4 Å². The number of aromatic nitrogens is 2. The van der Waals surface area contributed by atoms with Gasteiger partial charge in [-0.2, -0.15) is 0 Å². The van der Waals surface area contributed by atoms with Gasteiger partial charge in [0.15, 0.2) is 12.1 Å².